The SMILES string of the molecule is O=C(CSc1nnnn1C1CC1)Nc1ncn(Cc2ccc(Br)cc2)n1. The van der Waals surface area contributed by atoms with Crippen molar-refractivity contribution in [3.05, 3.63) is 40.6 Å². The van der Waals surface area contributed by atoms with Gasteiger partial charge >= 0.3 is 0 Å². The Morgan fingerprint density at radius 2 is 2.12 bits per heavy atom. The van der Waals surface area contributed by atoms with Crippen molar-refractivity contribution in [2.75, 3.05) is 11.1 Å². The largest absolute Gasteiger partial charge is 0.292 e. The summed E-state index contributed by atoms with van der Waals surface area (Å²) in [5.74, 6) is 0.296. The van der Waals surface area contributed by atoms with Crippen molar-refractivity contribution in [3.63, 3.8) is 0 Å². The standard InChI is InChI=1S/C15H15BrN8OS/c16-11-3-1-10(2-4-11)7-23-9-17-14(20-23)18-13(25)8-26-15-19-21-22-24(15)12-5-6-12/h1-4,9,12H,5-8H2,(H,18,20,25). The number of anilines is 1. The van der Waals surface area contributed by atoms with Gasteiger partial charge in [0, 0.05) is 4.47 Å². The van der Waals surface area contributed by atoms with E-state index in [9.17, 15) is 4.79 Å². The van der Waals surface area contributed by atoms with Gasteiger partial charge in [0.15, 0.2) is 0 Å². The first-order chi connectivity index (χ1) is 12.7. The highest BCUT2D eigenvalue weighted by Crippen LogP contribution is 2.36. The zero-order chi connectivity index (χ0) is 17.9. The number of aromatic nitrogens is 7. The topological polar surface area (TPSA) is 103 Å². The number of benzene rings is 1. The summed E-state index contributed by atoms with van der Waals surface area (Å²) in [4.78, 5) is 16.2. The molecular weight excluding hydrogens is 420 g/mol. The summed E-state index contributed by atoms with van der Waals surface area (Å²) in [6, 6.07) is 8.34. The Balaban J connectivity index is 1.29. The van der Waals surface area contributed by atoms with Gasteiger partial charge in [-0.3, -0.25) is 10.1 Å². The average molecular weight is 435 g/mol. The first kappa shape index (κ1) is 17.2. The molecule has 1 fully saturated rings. The van der Waals surface area contributed by atoms with Crippen molar-refractivity contribution >= 4 is 39.5 Å². The molecule has 1 aromatic carbocycles. The fourth-order valence-electron chi connectivity index (χ4n) is 2.32. The minimum atomic E-state index is -0.193. The average Bonchev–Trinajstić information content (AvgIpc) is 3.21. The van der Waals surface area contributed by atoms with Gasteiger partial charge in [-0.1, -0.05) is 39.8 Å². The van der Waals surface area contributed by atoms with Gasteiger partial charge in [0.1, 0.15) is 6.33 Å². The van der Waals surface area contributed by atoms with E-state index < -0.39 is 0 Å². The Bertz CT molecular complexity index is 905. The summed E-state index contributed by atoms with van der Waals surface area (Å²) in [5.41, 5.74) is 1.10. The van der Waals surface area contributed by atoms with Crippen LogP contribution in [0.4, 0.5) is 5.95 Å². The Kier molecular flexibility index (Phi) is 4.98. The normalized spacial score (nSPS) is 13.7. The number of rotatable bonds is 7. The number of hydrogen-bond donors (Lipinski definition) is 1. The van der Waals surface area contributed by atoms with Crippen molar-refractivity contribution in [1.29, 1.82) is 0 Å². The predicted molar refractivity (Wildman–Crippen MR) is 98.7 cm³/mol. The smallest absolute Gasteiger partial charge is 0.248 e. The van der Waals surface area contributed by atoms with Crippen LogP contribution in [0, 0.1) is 0 Å². The molecule has 9 nitrogen and oxygen atoms in total. The van der Waals surface area contributed by atoms with Crippen LogP contribution in [-0.4, -0.2) is 46.6 Å². The van der Waals surface area contributed by atoms with E-state index in [2.05, 4.69) is 46.9 Å². The van der Waals surface area contributed by atoms with Crippen molar-refractivity contribution in [2.24, 2.45) is 0 Å². The maximum absolute atomic E-state index is 12.1. The van der Waals surface area contributed by atoms with Crippen LogP contribution >= 0.6 is 27.7 Å². The Morgan fingerprint density at radius 3 is 2.88 bits per heavy atom. The molecule has 11 heteroatoms. The van der Waals surface area contributed by atoms with Gasteiger partial charge in [-0.2, -0.15) is 0 Å². The number of thioether (sulfide) groups is 1. The third-order valence-electron chi connectivity index (χ3n) is 3.73. The molecule has 1 aliphatic rings. The molecule has 2 heterocycles. The summed E-state index contributed by atoms with van der Waals surface area (Å²) < 4.78 is 4.49. The molecule has 1 amide bonds. The van der Waals surface area contributed by atoms with Crippen LogP contribution in [-0.2, 0) is 11.3 Å². The van der Waals surface area contributed by atoms with Crippen molar-refractivity contribution in [1.82, 2.24) is 35.0 Å². The van der Waals surface area contributed by atoms with E-state index in [0.29, 0.717) is 17.7 Å². The summed E-state index contributed by atoms with van der Waals surface area (Å²) in [6.07, 6.45) is 3.77. The quantitative estimate of drug-likeness (QED) is 0.567. The summed E-state index contributed by atoms with van der Waals surface area (Å²) in [5, 5.41) is 19.2. The van der Waals surface area contributed by atoms with Gasteiger partial charge in [-0.15, -0.1) is 10.2 Å². The second-order valence-electron chi connectivity index (χ2n) is 5.87. The van der Waals surface area contributed by atoms with Gasteiger partial charge in [-0.05, 0) is 41.0 Å². The lowest BCUT2D eigenvalue weighted by molar-refractivity contribution is -0.113. The highest BCUT2D eigenvalue weighted by atomic mass is 79.9. The number of amides is 1. The minimum Gasteiger partial charge on any atom is -0.292 e. The molecule has 1 N–H and O–H groups in total. The number of hydrogen-bond acceptors (Lipinski definition) is 7. The second kappa shape index (κ2) is 7.54. The number of tetrazole rings is 1. The molecule has 0 saturated heterocycles. The fourth-order valence-corrected chi connectivity index (χ4v) is 3.33. The molecule has 0 aliphatic heterocycles. The molecule has 0 bridgehead atoms. The first-order valence-corrected chi connectivity index (χ1v) is 9.79. The fraction of sp³-hybridized carbons (Fsp3) is 0.333. The van der Waals surface area contributed by atoms with Gasteiger partial charge in [0.25, 0.3) is 0 Å². The van der Waals surface area contributed by atoms with E-state index in [1.807, 2.05) is 24.3 Å². The van der Waals surface area contributed by atoms with E-state index in [1.165, 1.54) is 11.8 Å². The van der Waals surface area contributed by atoms with Gasteiger partial charge < -0.3 is 0 Å². The molecule has 26 heavy (non-hydrogen) atoms. The number of carbonyl (C=O) groups is 1. The summed E-state index contributed by atoms with van der Waals surface area (Å²) >= 11 is 4.72. The minimum absolute atomic E-state index is 0.193. The van der Waals surface area contributed by atoms with Crippen LogP contribution in [0.25, 0.3) is 0 Å². The second-order valence-corrected chi connectivity index (χ2v) is 7.72. The summed E-state index contributed by atoms with van der Waals surface area (Å²) in [6.45, 7) is 0.584. The van der Waals surface area contributed by atoms with Crippen molar-refractivity contribution in [3.8, 4) is 0 Å². The monoisotopic (exact) mass is 434 g/mol. The molecule has 134 valence electrons. The molecule has 1 aliphatic carbocycles. The third-order valence-corrected chi connectivity index (χ3v) is 5.20. The zero-order valence-corrected chi connectivity index (χ0v) is 16.0. The van der Waals surface area contributed by atoms with E-state index in [0.717, 1.165) is 22.9 Å². The lowest BCUT2D eigenvalue weighted by Gasteiger charge is -2.03. The van der Waals surface area contributed by atoms with Gasteiger partial charge in [-0.25, -0.2) is 14.3 Å². The first-order valence-electron chi connectivity index (χ1n) is 8.02. The molecule has 0 spiro atoms. The molecular formula is C15H15BrN8OS. The molecule has 2 aromatic heterocycles. The van der Waals surface area contributed by atoms with Gasteiger partial charge in [0.05, 0.1) is 18.3 Å². The van der Waals surface area contributed by atoms with Crippen molar-refractivity contribution in [2.45, 2.75) is 30.6 Å². The Labute approximate surface area is 161 Å². The van der Waals surface area contributed by atoms with E-state index >= 15 is 0 Å². The molecule has 0 atom stereocenters. The predicted octanol–water partition coefficient (Wildman–Crippen LogP) is 2.14. The van der Waals surface area contributed by atoms with E-state index in [1.54, 1.807) is 15.7 Å². The van der Waals surface area contributed by atoms with E-state index in [4.69, 9.17) is 0 Å². The molecule has 1 saturated carbocycles. The maximum atomic E-state index is 12.1. The van der Waals surface area contributed by atoms with Crippen LogP contribution in [0.3, 0.4) is 0 Å². The number of carbonyl (C=O) groups excluding carboxylic acids is 1. The Hall–Kier alpha value is -2.27. The highest BCUT2D eigenvalue weighted by Gasteiger charge is 2.28. The lowest BCUT2D eigenvalue weighted by atomic mass is 10.2. The number of halogens is 1. The molecule has 4 rings (SSSR count). The van der Waals surface area contributed by atoms with E-state index in [-0.39, 0.29) is 17.6 Å². The van der Waals surface area contributed by atoms with Crippen LogP contribution in [0.1, 0.15) is 24.4 Å². The molecule has 3 aromatic rings. The Morgan fingerprint density at radius 1 is 1.31 bits per heavy atom. The van der Waals surface area contributed by atoms with Crippen LogP contribution in [0.5, 0.6) is 0 Å². The number of nitrogens with one attached hydrogen (secondary N) is 1. The lowest BCUT2D eigenvalue weighted by Crippen LogP contribution is -2.16. The van der Waals surface area contributed by atoms with Crippen LogP contribution in [0.15, 0.2) is 40.2 Å². The maximum Gasteiger partial charge on any atom is 0.248 e. The van der Waals surface area contributed by atoms with Gasteiger partial charge in [0.2, 0.25) is 17.0 Å². The molecule has 0 unspecified atom stereocenters. The number of nitrogens with zero attached hydrogens (tertiary/aromatic N) is 7. The zero-order valence-electron chi connectivity index (χ0n) is 13.6. The summed E-state index contributed by atoms with van der Waals surface area (Å²) in [7, 11) is 0. The molecule has 0 radical (unpaired) electrons. The van der Waals surface area contributed by atoms with Crippen LogP contribution in [0.2, 0.25) is 0 Å². The van der Waals surface area contributed by atoms with Crippen molar-refractivity contribution < 1.29 is 4.79 Å². The third kappa shape index (κ3) is 4.28. The highest BCUT2D eigenvalue weighted by molar-refractivity contribution is 9.10. The van der Waals surface area contributed by atoms with Crippen LogP contribution < -0.4 is 5.32 Å².